The van der Waals surface area contributed by atoms with Crippen LogP contribution in [0.2, 0.25) is 0 Å². The summed E-state index contributed by atoms with van der Waals surface area (Å²) in [5, 5.41) is 0. The van der Waals surface area contributed by atoms with Crippen molar-refractivity contribution in [3.63, 3.8) is 0 Å². The van der Waals surface area contributed by atoms with E-state index < -0.39 is 10.0 Å². The van der Waals surface area contributed by atoms with E-state index in [0.29, 0.717) is 31.0 Å². The topological polar surface area (TPSA) is 72.6 Å². The molecule has 1 unspecified atom stereocenters. The van der Waals surface area contributed by atoms with E-state index in [4.69, 9.17) is 10.5 Å². The molecular formula is C14H22N2O3S. The maximum Gasteiger partial charge on any atom is 0.243 e. The summed E-state index contributed by atoms with van der Waals surface area (Å²) in [6, 6.07) is 3.41. The van der Waals surface area contributed by atoms with E-state index in [-0.39, 0.29) is 6.10 Å². The van der Waals surface area contributed by atoms with Gasteiger partial charge in [0.2, 0.25) is 10.0 Å². The third kappa shape index (κ3) is 2.55. The van der Waals surface area contributed by atoms with Gasteiger partial charge in [-0.1, -0.05) is 13.8 Å². The van der Waals surface area contributed by atoms with Crippen molar-refractivity contribution in [1.29, 1.82) is 0 Å². The second kappa shape index (κ2) is 5.71. The first kappa shape index (κ1) is 15.3. The van der Waals surface area contributed by atoms with Gasteiger partial charge in [-0.3, -0.25) is 0 Å². The van der Waals surface area contributed by atoms with Gasteiger partial charge in [-0.05, 0) is 30.2 Å². The maximum atomic E-state index is 12.6. The molecule has 1 aliphatic rings. The highest BCUT2D eigenvalue weighted by Gasteiger charge is 2.28. The summed E-state index contributed by atoms with van der Waals surface area (Å²) in [4.78, 5) is 0.346. The summed E-state index contributed by atoms with van der Waals surface area (Å²) in [5.41, 5.74) is 7.41. The molecule has 2 rings (SSSR count). The molecule has 1 aliphatic heterocycles. The van der Waals surface area contributed by atoms with Gasteiger partial charge in [0.25, 0.3) is 0 Å². The number of rotatable bonds is 5. The second-order valence-electron chi connectivity index (χ2n) is 5.00. The zero-order chi connectivity index (χ0) is 14.9. The summed E-state index contributed by atoms with van der Waals surface area (Å²) in [6.07, 6.45) is 0.629. The van der Waals surface area contributed by atoms with Crippen molar-refractivity contribution >= 4 is 10.0 Å². The molecule has 112 valence electrons. The van der Waals surface area contributed by atoms with Crippen LogP contribution >= 0.6 is 0 Å². The van der Waals surface area contributed by atoms with Gasteiger partial charge in [0.1, 0.15) is 11.9 Å². The van der Waals surface area contributed by atoms with Crippen molar-refractivity contribution in [2.45, 2.75) is 38.2 Å². The monoisotopic (exact) mass is 298 g/mol. The van der Waals surface area contributed by atoms with E-state index >= 15 is 0 Å². The SMILES string of the molecule is CCN(CC)S(=O)(=O)c1cc(C)c2c(c1)CC(CN)O2. The van der Waals surface area contributed by atoms with Gasteiger partial charge in [-0.25, -0.2) is 8.42 Å². The van der Waals surface area contributed by atoms with Crippen molar-refractivity contribution in [3.8, 4) is 5.75 Å². The van der Waals surface area contributed by atoms with Gasteiger partial charge in [0, 0.05) is 26.1 Å². The zero-order valence-electron chi connectivity index (χ0n) is 12.2. The standard InChI is InChI=1S/C14H22N2O3S/c1-4-16(5-2)20(17,18)13-6-10(3)14-11(8-13)7-12(9-15)19-14/h6,8,12H,4-5,7,9,15H2,1-3H3. The van der Waals surface area contributed by atoms with Crippen LogP contribution in [0.4, 0.5) is 0 Å². The normalized spacial score (nSPS) is 18.1. The molecule has 1 aromatic carbocycles. The molecule has 1 aromatic rings. The van der Waals surface area contributed by atoms with Gasteiger partial charge < -0.3 is 10.5 Å². The number of hydrogen-bond acceptors (Lipinski definition) is 4. The Bertz CT molecular complexity index is 595. The van der Waals surface area contributed by atoms with Crippen LogP contribution in [0.15, 0.2) is 17.0 Å². The molecule has 1 atom stereocenters. The lowest BCUT2D eigenvalue weighted by atomic mass is 10.1. The molecule has 0 spiro atoms. The number of hydrogen-bond donors (Lipinski definition) is 1. The predicted octanol–water partition coefficient (Wildman–Crippen LogP) is 1.29. The van der Waals surface area contributed by atoms with Crippen LogP contribution in [0.5, 0.6) is 5.75 Å². The zero-order valence-corrected chi connectivity index (χ0v) is 13.0. The predicted molar refractivity (Wildman–Crippen MR) is 78.5 cm³/mol. The summed E-state index contributed by atoms with van der Waals surface area (Å²) < 4.78 is 32.3. The van der Waals surface area contributed by atoms with Gasteiger partial charge in [0.15, 0.2) is 0 Å². The number of fused-ring (bicyclic) bond motifs is 1. The molecule has 0 amide bonds. The Morgan fingerprint density at radius 2 is 2.00 bits per heavy atom. The van der Waals surface area contributed by atoms with E-state index in [1.807, 2.05) is 20.8 Å². The van der Waals surface area contributed by atoms with Crippen molar-refractivity contribution in [2.24, 2.45) is 5.73 Å². The van der Waals surface area contributed by atoms with Crippen LogP contribution in [-0.2, 0) is 16.4 Å². The second-order valence-corrected chi connectivity index (χ2v) is 6.94. The molecule has 0 aliphatic carbocycles. The number of aryl methyl sites for hydroxylation is 1. The average Bonchev–Trinajstić information content (AvgIpc) is 2.83. The Labute approximate surface area is 120 Å². The first-order valence-electron chi connectivity index (χ1n) is 6.94. The van der Waals surface area contributed by atoms with Crippen molar-refractivity contribution < 1.29 is 13.2 Å². The van der Waals surface area contributed by atoms with E-state index in [1.54, 1.807) is 12.1 Å². The molecular weight excluding hydrogens is 276 g/mol. The smallest absolute Gasteiger partial charge is 0.243 e. The average molecular weight is 298 g/mol. The first-order chi connectivity index (χ1) is 9.43. The van der Waals surface area contributed by atoms with Crippen LogP contribution in [0.3, 0.4) is 0 Å². The van der Waals surface area contributed by atoms with Crippen LogP contribution in [0.25, 0.3) is 0 Å². The third-order valence-electron chi connectivity index (χ3n) is 3.66. The van der Waals surface area contributed by atoms with Gasteiger partial charge in [-0.2, -0.15) is 4.31 Å². The van der Waals surface area contributed by atoms with Crippen LogP contribution in [0.1, 0.15) is 25.0 Å². The quantitative estimate of drug-likeness (QED) is 0.889. The van der Waals surface area contributed by atoms with Crippen LogP contribution in [-0.4, -0.2) is 38.5 Å². The number of benzene rings is 1. The molecule has 0 saturated heterocycles. The van der Waals surface area contributed by atoms with E-state index in [1.165, 1.54) is 4.31 Å². The minimum absolute atomic E-state index is 0.0462. The fourth-order valence-corrected chi connectivity index (χ4v) is 4.17. The maximum absolute atomic E-state index is 12.6. The molecule has 1 heterocycles. The summed E-state index contributed by atoms with van der Waals surface area (Å²) >= 11 is 0. The Morgan fingerprint density at radius 1 is 1.35 bits per heavy atom. The Balaban J connectivity index is 2.44. The molecule has 0 fully saturated rings. The van der Waals surface area contributed by atoms with Gasteiger partial charge in [-0.15, -0.1) is 0 Å². The number of nitrogens with two attached hydrogens (primary N) is 1. The van der Waals surface area contributed by atoms with Crippen LogP contribution in [0, 0.1) is 6.92 Å². The molecule has 0 bridgehead atoms. The van der Waals surface area contributed by atoms with Crippen molar-refractivity contribution in [1.82, 2.24) is 4.31 Å². The molecule has 5 nitrogen and oxygen atoms in total. The number of ether oxygens (including phenoxy) is 1. The van der Waals surface area contributed by atoms with Gasteiger partial charge in [0.05, 0.1) is 4.90 Å². The molecule has 0 aromatic heterocycles. The Kier molecular flexibility index (Phi) is 4.36. The minimum Gasteiger partial charge on any atom is -0.488 e. The summed E-state index contributed by atoms with van der Waals surface area (Å²) in [7, 11) is -3.42. The fourth-order valence-electron chi connectivity index (χ4n) is 2.58. The highest BCUT2D eigenvalue weighted by atomic mass is 32.2. The van der Waals surface area contributed by atoms with E-state index in [0.717, 1.165) is 16.9 Å². The lowest BCUT2D eigenvalue weighted by Gasteiger charge is -2.19. The molecule has 0 saturated carbocycles. The fraction of sp³-hybridized carbons (Fsp3) is 0.571. The first-order valence-corrected chi connectivity index (χ1v) is 8.38. The molecule has 6 heteroatoms. The Hall–Kier alpha value is -1.11. The molecule has 2 N–H and O–H groups in total. The van der Waals surface area contributed by atoms with Crippen molar-refractivity contribution in [3.05, 3.63) is 23.3 Å². The number of nitrogens with zero attached hydrogens (tertiary/aromatic N) is 1. The summed E-state index contributed by atoms with van der Waals surface area (Å²) in [6.45, 7) is 6.93. The Morgan fingerprint density at radius 3 is 2.55 bits per heavy atom. The largest absolute Gasteiger partial charge is 0.488 e. The van der Waals surface area contributed by atoms with Crippen LogP contribution < -0.4 is 10.5 Å². The van der Waals surface area contributed by atoms with Crippen molar-refractivity contribution in [2.75, 3.05) is 19.6 Å². The molecule has 20 heavy (non-hydrogen) atoms. The number of sulfonamides is 1. The highest BCUT2D eigenvalue weighted by Crippen LogP contribution is 2.35. The third-order valence-corrected chi connectivity index (χ3v) is 5.69. The molecule has 0 radical (unpaired) electrons. The summed E-state index contributed by atoms with van der Waals surface area (Å²) in [5.74, 6) is 0.791. The lowest BCUT2D eigenvalue weighted by molar-refractivity contribution is 0.240. The van der Waals surface area contributed by atoms with E-state index in [2.05, 4.69) is 0 Å². The van der Waals surface area contributed by atoms with Gasteiger partial charge >= 0.3 is 0 Å². The lowest BCUT2D eigenvalue weighted by Crippen LogP contribution is -2.30. The van der Waals surface area contributed by atoms with E-state index in [9.17, 15) is 8.42 Å². The highest BCUT2D eigenvalue weighted by molar-refractivity contribution is 7.89. The minimum atomic E-state index is -3.42.